The van der Waals surface area contributed by atoms with Crippen molar-refractivity contribution >= 4 is 17.3 Å². The van der Waals surface area contributed by atoms with E-state index in [4.69, 9.17) is 4.42 Å². The topological polar surface area (TPSA) is 62.5 Å². The van der Waals surface area contributed by atoms with Gasteiger partial charge in [-0.25, -0.2) is 9.98 Å². The van der Waals surface area contributed by atoms with Crippen LogP contribution in [0, 0.1) is 0 Å². The van der Waals surface area contributed by atoms with Gasteiger partial charge in [0.15, 0.2) is 5.96 Å². The summed E-state index contributed by atoms with van der Waals surface area (Å²) in [6.07, 6.45) is 2.54. The van der Waals surface area contributed by atoms with Crippen molar-refractivity contribution in [3.05, 3.63) is 40.2 Å². The Hall–Kier alpha value is -1.82. The predicted octanol–water partition coefficient (Wildman–Crippen LogP) is 3.16. The lowest BCUT2D eigenvalue weighted by Crippen LogP contribution is -2.38. The number of nitrogens with zero attached hydrogens (tertiary/aromatic N) is 2. The maximum absolute atomic E-state index is 5.32. The molecule has 5 nitrogen and oxygen atoms in total. The highest BCUT2D eigenvalue weighted by molar-refractivity contribution is 7.09. The number of thiazole rings is 1. The minimum atomic E-state index is 0.466. The van der Waals surface area contributed by atoms with Crippen molar-refractivity contribution in [1.82, 2.24) is 15.6 Å². The van der Waals surface area contributed by atoms with Gasteiger partial charge in [0.2, 0.25) is 0 Å². The second kappa shape index (κ2) is 8.58. The zero-order valence-corrected chi connectivity index (χ0v) is 14.2. The fourth-order valence-corrected chi connectivity index (χ4v) is 2.79. The van der Waals surface area contributed by atoms with E-state index in [0.29, 0.717) is 12.5 Å². The van der Waals surface area contributed by atoms with E-state index in [1.807, 2.05) is 12.1 Å². The zero-order valence-electron chi connectivity index (χ0n) is 13.4. The van der Waals surface area contributed by atoms with E-state index in [9.17, 15) is 0 Å². The van der Waals surface area contributed by atoms with E-state index in [1.165, 1.54) is 0 Å². The lowest BCUT2D eigenvalue weighted by Gasteiger charge is -2.10. The molecule has 0 radical (unpaired) electrons. The maximum Gasteiger partial charge on any atom is 0.191 e. The minimum absolute atomic E-state index is 0.466. The van der Waals surface area contributed by atoms with Crippen molar-refractivity contribution in [3.8, 4) is 0 Å². The molecule has 0 atom stereocenters. The Morgan fingerprint density at radius 1 is 1.41 bits per heavy atom. The van der Waals surface area contributed by atoms with Gasteiger partial charge in [-0.15, -0.1) is 11.3 Å². The van der Waals surface area contributed by atoms with E-state index in [2.05, 4.69) is 46.8 Å². The van der Waals surface area contributed by atoms with Crippen LogP contribution in [-0.4, -0.2) is 24.0 Å². The van der Waals surface area contributed by atoms with Crippen LogP contribution in [0.25, 0.3) is 0 Å². The molecule has 2 aromatic rings. The molecule has 0 aliphatic rings. The Morgan fingerprint density at radius 2 is 2.27 bits per heavy atom. The number of aliphatic imine (C=N–C) groups is 1. The van der Waals surface area contributed by atoms with Crippen LogP contribution < -0.4 is 10.6 Å². The van der Waals surface area contributed by atoms with E-state index >= 15 is 0 Å². The standard InChI is InChI=1S/C16H24N4OS/c1-4-17-16(18-8-7-13-6-5-9-21-13)19-10-15-20-14(11-22-15)12(2)3/h5-6,9,11-12H,4,7-8,10H2,1-3H3,(H2,17,18,19). The largest absolute Gasteiger partial charge is 0.469 e. The van der Waals surface area contributed by atoms with Gasteiger partial charge in [-0.05, 0) is 25.0 Å². The van der Waals surface area contributed by atoms with Crippen LogP contribution in [0.3, 0.4) is 0 Å². The van der Waals surface area contributed by atoms with Gasteiger partial charge in [-0.1, -0.05) is 13.8 Å². The molecule has 0 bridgehead atoms. The van der Waals surface area contributed by atoms with Crippen LogP contribution in [-0.2, 0) is 13.0 Å². The third kappa shape index (κ3) is 5.18. The van der Waals surface area contributed by atoms with Crippen LogP contribution in [0.2, 0.25) is 0 Å². The maximum atomic E-state index is 5.32. The first-order valence-corrected chi connectivity index (χ1v) is 8.56. The lowest BCUT2D eigenvalue weighted by molar-refractivity contribution is 0.507. The van der Waals surface area contributed by atoms with Gasteiger partial charge >= 0.3 is 0 Å². The summed E-state index contributed by atoms with van der Waals surface area (Å²) in [4.78, 5) is 9.19. The van der Waals surface area contributed by atoms with Gasteiger partial charge in [0.25, 0.3) is 0 Å². The molecule has 0 aromatic carbocycles. The third-order valence-corrected chi connectivity index (χ3v) is 3.97. The van der Waals surface area contributed by atoms with Crippen LogP contribution in [0.1, 0.15) is 43.2 Å². The number of aromatic nitrogens is 1. The van der Waals surface area contributed by atoms with Crippen molar-refractivity contribution in [1.29, 1.82) is 0 Å². The molecular weight excluding hydrogens is 296 g/mol. The highest BCUT2D eigenvalue weighted by Gasteiger charge is 2.05. The Morgan fingerprint density at radius 3 is 2.91 bits per heavy atom. The summed E-state index contributed by atoms with van der Waals surface area (Å²) in [5.74, 6) is 2.26. The second-order valence-corrected chi connectivity index (χ2v) is 6.21. The minimum Gasteiger partial charge on any atom is -0.469 e. The van der Waals surface area contributed by atoms with Crippen molar-refractivity contribution in [2.75, 3.05) is 13.1 Å². The number of hydrogen-bond acceptors (Lipinski definition) is 4. The number of furan rings is 1. The smallest absolute Gasteiger partial charge is 0.191 e. The Kier molecular flexibility index (Phi) is 6.45. The molecule has 2 N–H and O–H groups in total. The molecule has 6 heteroatoms. The normalized spacial score (nSPS) is 11.9. The molecule has 2 aromatic heterocycles. The summed E-state index contributed by atoms with van der Waals surface area (Å²) in [6.45, 7) is 8.60. The molecule has 0 fully saturated rings. The van der Waals surface area contributed by atoms with Crippen molar-refractivity contribution in [2.45, 2.75) is 39.7 Å². The first-order chi connectivity index (χ1) is 10.7. The monoisotopic (exact) mass is 320 g/mol. The van der Waals surface area contributed by atoms with Gasteiger partial charge in [0, 0.05) is 24.9 Å². The van der Waals surface area contributed by atoms with Crippen LogP contribution in [0.4, 0.5) is 0 Å². The average Bonchev–Trinajstić information content (AvgIpc) is 3.16. The quantitative estimate of drug-likeness (QED) is 0.608. The van der Waals surface area contributed by atoms with E-state index in [0.717, 1.165) is 41.9 Å². The molecule has 22 heavy (non-hydrogen) atoms. The van der Waals surface area contributed by atoms with Gasteiger partial charge in [-0.3, -0.25) is 0 Å². The first kappa shape index (κ1) is 16.5. The fraction of sp³-hybridized carbons (Fsp3) is 0.500. The van der Waals surface area contributed by atoms with Crippen molar-refractivity contribution in [2.24, 2.45) is 4.99 Å². The van der Waals surface area contributed by atoms with Gasteiger partial charge < -0.3 is 15.1 Å². The summed E-state index contributed by atoms with van der Waals surface area (Å²) in [6, 6.07) is 3.89. The highest BCUT2D eigenvalue weighted by atomic mass is 32.1. The molecule has 0 saturated carbocycles. The zero-order chi connectivity index (χ0) is 15.8. The second-order valence-electron chi connectivity index (χ2n) is 5.27. The summed E-state index contributed by atoms with van der Waals surface area (Å²) in [7, 11) is 0. The van der Waals surface area contributed by atoms with Crippen molar-refractivity contribution in [3.63, 3.8) is 0 Å². The first-order valence-electron chi connectivity index (χ1n) is 7.68. The summed E-state index contributed by atoms with van der Waals surface area (Å²) >= 11 is 1.67. The summed E-state index contributed by atoms with van der Waals surface area (Å²) in [5, 5.41) is 9.73. The van der Waals surface area contributed by atoms with E-state index < -0.39 is 0 Å². The molecule has 0 amide bonds. The summed E-state index contributed by atoms with van der Waals surface area (Å²) < 4.78 is 5.32. The predicted molar refractivity (Wildman–Crippen MR) is 91.4 cm³/mol. The Labute approximate surface area is 135 Å². The van der Waals surface area contributed by atoms with Crippen LogP contribution in [0.15, 0.2) is 33.2 Å². The summed E-state index contributed by atoms with van der Waals surface area (Å²) in [5.41, 5.74) is 1.14. The van der Waals surface area contributed by atoms with Gasteiger partial charge in [0.1, 0.15) is 10.8 Å². The number of guanidine groups is 1. The molecule has 120 valence electrons. The average molecular weight is 320 g/mol. The number of nitrogens with one attached hydrogen (secondary N) is 2. The molecule has 0 aliphatic heterocycles. The molecule has 0 unspecified atom stereocenters. The van der Waals surface area contributed by atoms with E-state index in [1.54, 1.807) is 17.6 Å². The SMILES string of the molecule is CCNC(=NCc1nc(C(C)C)cs1)NCCc1ccco1. The van der Waals surface area contributed by atoms with Crippen molar-refractivity contribution < 1.29 is 4.42 Å². The third-order valence-electron chi connectivity index (χ3n) is 3.12. The number of hydrogen-bond donors (Lipinski definition) is 2. The number of rotatable bonds is 7. The molecule has 2 rings (SSSR count). The van der Waals surface area contributed by atoms with Gasteiger partial charge in [-0.2, -0.15) is 0 Å². The van der Waals surface area contributed by atoms with Gasteiger partial charge in [0.05, 0.1) is 18.5 Å². The molecule has 2 heterocycles. The van der Waals surface area contributed by atoms with Crippen LogP contribution in [0.5, 0.6) is 0 Å². The highest BCUT2D eigenvalue weighted by Crippen LogP contribution is 2.18. The molecule has 0 spiro atoms. The Balaban J connectivity index is 1.85. The molecule has 0 saturated heterocycles. The fourth-order valence-electron chi connectivity index (χ4n) is 1.91. The van der Waals surface area contributed by atoms with E-state index in [-0.39, 0.29) is 0 Å². The van der Waals surface area contributed by atoms with Crippen LogP contribution >= 0.6 is 11.3 Å². The Bertz CT molecular complexity index is 575. The molecular formula is C16H24N4OS. The lowest BCUT2D eigenvalue weighted by atomic mass is 10.2. The molecule has 0 aliphatic carbocycles.